The van der Waals surface area contributed by atoms with Gasteiger partial charge in [-0.3, -0.25) is 0 Å². The first-order chi connectivity index (χ1) is 11.2. The van der Waals surface area contributed by atoms with E-state index in [9.17, 15) is 4.79 Å². The van der Waals surface area contributed by atoms with Crippen LogP contribution in [-0.4, -0.2) is 27.9 Å². The lowest BCUT2D eigenvalue weighted by atomic mass is 10.2. The number of para-hydroxylation sites is 1. The molecule has 24 heavy (non-hydrogen) atoms. The molecule has 0 spiro atoms. The van der Waals surface area contributed by atoms with Crippen LogP contribution in [0.1, 0.15) is 20.8 Å². The highest BCUT2D eigenvalue weighted by Gasteiger charge is 2.29. The Bertz CT molecular complexity index is 750. The van der Waals surface area contributed by atoms with E-state index in [4.69, 9.17) is 27.9 Å². The number of halogens is 2. The number of thioether (sulfide) groups is 1. The summed E-state index contributed by atoms with van der Waals surface area (Å²) in [6.07, 6.45) is 2.67. The van der Waals surface area contributed by atoms with E-state index in [0.29, 0.717) is 5.69 Å². The topological polar surface area (TPSA) is 55.3 Å². The fourth-order valence-corrected chi connectivity index (χ4v) is 2.80. The zero-order valence-electron chi connectivity index (χ0n) is 13.7. The van der Waals surface area contributed by atoms with Gasteiger partial charge in [0.15, 0.2) is 5.82 Å². The molecule has 1 amide bonds. The van der Waals surface area contributed by atoms with E-state index in [0.717, 1.165) is 4.90 Å². The van der Waals surface area contributed by atoms with Crippen LogP contribution in [-0.2, 0) is 4.74 Å². The maximum atomic E-state index is 12.8. The van der Waals surface area contributed by atoms with Gasteiger partial charge in [0.1, 0.15) is 10.6 Å². The quantitative estimate of drug-likeness (QED) is 0.509. The van der Waals surface area contributed by atoms with Crippen molar-refractivity contribution in [1.82, 2.24) is 9.97 Å². The van der Waals surface area contributed by atoms with Crippen molar-refractivity contribution in [3.05, 3.63) is 40.8 Å². The number of carbonyl (C=O) groups is 1. The molecule has 1 aromatic heterocycles. The molecule has 1 heterocycles. The van der Waals surface area contributed by atoms with Gasteiger partial charge in [-0.15, -0.1) is 11.8 Å². The van der Waals surface area contributed by atoms with Crippen LogP contribution in [0.15, 0.2) is 35.4 Å². The van der Waals surface area contributed by atoms with Crippen LogP contribution in [0.4, 0.5) is 16.3 Å². The standard InChI is InChI=1S/C16H17Cl2N3O2S/c1-16(2,3)23-15(22)21(11-7-5-6-8-12(11)24-4)13-10(17)9-19-14(18)20-13/h5-9H,1-4H3. The maximum absolute atomic E-state index is 12.8. The predicted octanol–water partition coefficient (Wildman–Crippen LogP) is 5.58. The second-order valence-electron chi connectivity index (χ2n) is 5.80. The first kappa shape index (κ1) is 18.8. The fourth-order valence-electron chi connectivity index (χ4n) is 1.92. The van der Waals surface area contributed by atoms with Crippen LogP contribution in [0.25, 0.3) is 0 Å². The minimum absolute atomic E-state index is 0.00964. The molecule has 0 bridgehead atoms. The van der Waals surface area contributed by atoms with Crippen molar-refractivity contribution in [3.8, 4) is 0 Å². The summed E-state index contributed by atoms with van der Waals surface area (Å²) in [7, 11) is 0. The van der Waals surface area contributed by atoms with Gasteiger partial charge in [0.25, 0.3) is 0 Å². The highest BCUT2D eigenvalue weighted by atomic mass is 35.5. The van der Waals surface area contributed by atoms with Crippen LogP contribution in [0.3, 0.4) is 0 Å². The summed E-state index contributed by atoms with van der Waals surface area (Å²) in [6.45, 7) is 5.37. The van der Waals surface area contributed by atoms with Crippen LogP contribution < -0.4 is 4.90 Å². The van der Waals surface area contributed by atoms with Crippen molar-refractivity contribution in [1.29, 1.82) is 0 Å². The Morgan fingerprint density at radius 1 is 1.25 bits per heavy atom. The van der Waals surface area contributed by atoms with Crippen molar-refractivity contribution < 1.29 is 9.53 Å². The third-order valence-electron chi connectivity index (χ3n) is 2.81. The molecule has 0 atom stereocenters. The second-order valence-corrected chi connectivity index (χ2v) is 7.39. The zero-order chi connectivity index (χ0) is 17.9. The Hall–Kier alpha value is -1.50. The van der Waals surface area contributed by atoms with E-state index in [1.165, 1.54) is 22.9 Å². The van der Waals surface area contributed by atoms with Gasteiger partial charge in [-0.25, -0.2) is 14.7 Å². The number of aromatic nitrogens is 2. The smallest absolute Gasteiger partial charge is 0.420 e. The third kappa shape index (κ3) is 4.53. The van der Waals surface area contributed by atoms with Crippen LogP contribution >= 0.6 is 35.0 Å². The molecule has 0 radical (unpaired) electrons. The number of hydrogen-bond donors (Lipinski definition) is 0. The number of hydrogen-bond acceptors (Lipinski definition) is 5. The van der Waals surface area contributed by atoms with E-state index in [2.05, 4.69) is 9.97 Å². The number of ether oxygens (including phenoxy) is 1. The van der Waals surface area contributed by atoms with Gasteiger partial charge in [-0.05, 0) is 50.8 Å². The molecule has 1 aromatic carbocycles. The van der Waals surface area contributed by atoms with Crippen molar-refractivity contribution in [2.45, 2.75) is 31.3 Å². The zero-order valence-corrected chi connectivity index (χ0v) is 16.0. The monoisotopic (exact) mass is 385 g/mol. The Morgan fingerprint density at radius 3 is 2.54 bits per heavy atom. The second kappa shape index (κ2) is 7.59. The van der Waals surface area contributed by atoms with E-state index in [-0.39, 0.29) is 16.1 Å². The van der Waals surface area contributed by atoms with Crippen molar-refractivity contribution in [3.63, 3.8) is 0 Å². The van der Waals surface area contributed by atoms with Crippen molar-refractivity contribution >= 4 is 52.6 Å². The fraction of sp³-hybridized carbons (Fsp3) is 0.312. The molecule has 0 fully saturated rings. The summed E-state index contributed by atoms with van der Waals surface area (Å²) in [5.41, 5.74) is -0.0663. The molecule has 0 N–H and O–H groups in total. The maximum Gasteiger partial charge on any atom is 0.420 e. The van der Waals surface area contributed by atoms with E-state index in [1.54, 1.807) is 26.8 Å². The number of rotatable bonds is 3. The summed E-state index contributed by atoms with van der Waals surface area (Å²) >= 11 is 13.6. The summed E-state index contributed by atoms with van der Waals surface area (Å²) in [4.78, 5) is 23.0. The minimum atomic E-state index is -0.674. The molecule has 0 saturated carbocycles. The average molecular weight is 386 g/mol. The van der Waals surface area contributed by atoms with Gasteiger partial charge in [0.2, 0.25) is 5.28 Å². The Balaban J connectivity index is 2.61. The lowest BCUT2D eigenvalue weighted by Crippen LogP contribution is -2.34. The Kier molecular flexibility index (Phi) is 5.96. The van der Waals surface area contributed by atoms with Crippen molar-refractivity contribution in [2.75, 3.05) is 11.2 Å². The van der Waals surface area contributed by atoms with Crippen LogP contribution in [0, 0.1) is 0 Å². The molecule has 128 valence electrons. The highest BCUT2D eigenvalue weighted by Crippen LogP contribution is 2.37. The predicted molar refractivity (Wildman–Crippen MR) is 98.6 cm³/mol. The molecule has 5 nitrogen and oxygen atoms in total. The lowest BCUT2D eigenvalue weighted by molar-refractivity contribution is 0.0597. The molecule has 0 saturated heterocycles. The number of anilines is 2. The molecule has 8 heteroatoms. The SMILES string of the molecule is CSc1ccccc1N(C(=O)OC(C)(C)C)c1nc(Cl)ncc1Cl. The van der Waals surface area contributed by atoms with Gasteiger partial charge in [0.05, 0.1) is 11.9 Å². The van der Waals surface area contributed by atoms with E-state index < -0.39 is 11.7 Å². The molecule has 0 aliphatic carbocycles. The van der Waals surface area contributed by atoms with Gasteiger partial charge in [0, 0.05) is 4.90 Å². The van der Waals surface area contributed by atoms with Gasteiger partial charge in [-0.2, -0.15) is 4.98 Å². The molecule has 2 aromatic rings. The number of benzene rings is 1. The first-order valence-electron chi connectivity index (χ1n) is 7.07. The van der Waals surface area contributed by atoms with Crippen molar-refractivity contribution in [2.24, 2.45) is 0 Å². The number of amides is 1. The molecule has 0 aliphatic heterocycles. The normalized spacial score (nSPS) is 11.2. The van der Waals surface area contributed by atoms with Gasteiger partial charge in [-0.1, -0.05) is 23.7 Å². The summed E-state index contributed by atoms with van der Waals surface area (Å²) < 4.78 is 5.52. The van der Waals surface area contributed by atoms with Crippen LogP contribution in [0.5, 0.6) is 0 Å². The number of carbonyl (C=O) groups excluding carboxylic acids is 1. The number of nitrogens with zero attached hydrogens (tertiary/aromatic N) is 3. The highest BCUT2D eigenvalue weighted by molar-refractivity contribution is 7.98. The van der Waals surface area contributed by atoms with E-state index >= 15 is 0 Å². The molecular weight excluding hydrogens is 369 g/mol. The molecule has 0 unspecified atom stereocenters. The van der Waals surface area contributed by atoms with Crippen LogP contribution in [0.2, 0.25) is 10.3 Å². The molecule has 0 aliphatic rings. The largest absolute Gasteiger partial charge is 0.443 e. The Morgan fingerprint density at radius 2 is 1.92 bits per heavy atom. The van der Waals surface area contributed by atoms with Gasteiger partial charge < -0.3 is 4.74 Å². The summed E-state index contributed by atoms with van der Waals surface area (Å²) in [6, 6.07) is 7.40. The minimum Gasteiger partial charge on any atom is -0.443 e. The molecule has 2 rings (SSSR count). The third-order valence-corrected chi connectivity index (χ3v) is 4.04. The summed E-state index contributed by atoms with van der Waals surface area (Å²) in [5, 5.41) is 0.186. The molecular formula is C16H17Cl2N3O2S. The lowest BCUT2D eigenvalue weighted by Gasteiger charge is -2.28. The first-order valence-corrected chi connectivity index (χ1v) is 9.05. The Labute approximate surface area is 155 Å². The average Bonchev–Trinajstić information content (AvgIpc) is 2.49. The van der Waals surface area contributed by atoms with Gasteiger partial charge >= 0.3 is 6.09 Å². The van der Waals surface area contributed by atoms with E-state index in [1.807, 2.05) is 24.5 Å². The summed E-state index contributed by atoms with van der Waals surface area (Å²) in [5.74, 6) is 0.174.